The highest BCUT2D eigenvalue weighted by Crippen LogP contribution is 2.16. The van der Waals surface area contributed by atoms with E-state index in [-0.39, 0.29) is 11.4 Å². The quantitative estimate of drug-likeness (QED) is 0.894. The lowest BCUT2D eigenvalue weighted by atomic mass is 10.2. The first-order chi connectivity index (χ1) is 9.77. The van der Waals surface area contributed by atoms with Crippen molar-refractivity contribution < 1.29 is 8.42 Å². The Morgan fingerprint density at radius 2 is 1.90 bits per heavy atom. The van der Waals surface area contributed by atoms with Crippen LogP contribution in [0.25, 0.3) is 0 Å². The maximum absolute atomic E-state index is 12.3. The van der Waals surface area contributed by atoms with Gasteiger partial charge in [0.25, 0.3) is 0 Å². The van der Waals surface area contributed by atoms with Crippen LogP contribution in [-0.2, 0) is 30.2 Å². The predicted molar refractivity (Wildman–Crippen MR) is 79.3 cm³/mol. The first kappa shape index (κ1) is 15.7. The highest BCUT2D eigenvalue weighted by atomic mass is 32.2. The van der Waals surface area contributed by atoms with Crippen LogP contribution < -0.4 is 4.72 Å². The van der Waals surface area contributed by atoms with Crippen LogP contribution in [0.4, 0.5) is 0 Å². The van der Waals surface area contributed by atoms with Crippen molar-refractivity contribution in [2.24, 2.45) is 7.05 Å². The Morgan fingerprint density at radius 3 is 2.38 bits per heavy atom. The van der Waals surface area contributed by atoms with Crippen LogP contribution in [0, 0.1) is 20.8 Å². The summed E-state index contributed by atoms with van der Waals surface area (Å²) in [7, 11) is -1.85. The summed E-state index contributed by atoms with van der Waals surface area (Å²) in [6.07, 6.45) is 1.37. The molecule has 2 heterocycles. The van der Waals surface area contributed by atoms with Crippen molar-refractivity contribution >= 4 is 10.0 Å². The van der Waals surface area contributed by atoms with Gasteiger partial charge in [0.15, 0.2) is 0 Å². The minimum atomic E-state index is -3.57. The van der Waals surface area contributed by atoms with Crippen LogP contribution in [0.5, 0.6) is 0 Å². The molecule has 0 fully saturated rings. The Kier molecular flexibility index (Phi) is 4.20. The van der Waals surface area contributed by atoms with Crippen molar-refractivity contribution in [2.45, 2.75) is 45.7 Å². The summed E-state index contributed by atoms with van der Waals surface area (Å²) < 4.78 is 30.7. The Bertz CT molecular complexity index is 758. The van der Waals surface area contributed by atoms with Gasteiger partial charge in [0.2, 0.25) is 10.0 Å². The van der Waals surface area contributed by atoms with Crippen LogP contribution in [0.3, 0.4) is 0 Å². The van der Waals surface area contributed by atoms with E-state index < -0.39 is 10.0 Å². The van der Waals surface area contributed by atoms with Crippen molar-refractivity contribution in [1.82, 2.24) is 24.3 Å². The fraction of sp³-hybridized carbons (Fsp3) is 0.538. The van der Waals surface area contributed by atoms with Gasteiger partial charge in [-0.2, -0.15) is 10.2 Å². The van der Waals surface area contributed by atoms with E-state index in [1.807, 2.05) is 25.5 Å². The van der Waals surface area contributed by atoms with E-state index >= 15 is 0 Å². The molecule has 1 N–H and O–H groups in total. The SMILES string of the molecule is CCn1nc(C)c(CNS(=O)(=O)c2cnn(C)c2C)c1C. The average Bonchev–Trinajstić information content (AvgIpc) is 2.89. The lowest BCUT2D eigenvalue weighted by molar-refractivity contribution is 0.579. The van der Waals surface area contributed by atoms with Crippen molar-refractivity contribution in [3.05, 3.63) is 28.8 Å². The number of hydrogen-bond acceptors (Lipinski definition) is 4. The Labute approximate surface area is 125 Å². The molecule has 0 spiro atoms. The van der Waals surface area contributed by atoms with E-state index in [1.54, 1.807) is 18.7 Å². The number of nitrogens with one attached hydrogen (secondary N) is 1. The highest BCUT2D eigenvalue weighted by molar-refractivity contribution is 7.89. The molecule has 0 bridgehead atoms. The van der Waals surface area contributed by atoms with Gasteiger partial charge >= 0.3 is 0 Å². The second-order valence-electron chi connectivity index (χ2n) is 5.01. The van der Waals surface area contributed by atoms with Crippen molar-refractivity contribution in [2.75, 3.05) is 0 Å². The minimum absolute atomic E-state index is 0.211. The predicted octanol–water partition coefficient (Wildman–Crippen LogP) is 1.04. The second kappa shape index (κ2) is 5.61. The van der Waals surface area contributed by atoms with Gasteiger partial charge in [-0.3, -0.25) is 9.36 Å². The molecule has 0 amide bonds. The van der Waals surface area contributed by atoms with Gasteiger partial charge in [-0.1, -0.05) is 0 Å². The summed E-state index contributed by atoms with van der Waals surface area (Å²) in [5.41, 5.74) is 3.36. The molecular formula is C13H21N5O2S. The van der Waals surface area contributed by atoms with Gasteiger partial charge in [0.05, 0.1) is 17.6 Å². The molecular weight excluding hydrogens is 290 g/mol. The highest BCUT2D eigenvalue weighted by Gasteiger charge is 2.21. The molecule has 0 atom stereocenters. The molecule has 8 heteroatoms. The van der Waals surface area contributed by atoms with Gasteiger partial charge in [0, 0.05) is 31.4 Å². The van der Waals surface area contributed by atoms with E-state index in [0.29, 0.717) is 5.69 Å². The number of aryl methyl sites for hydroxylation is 3. The van der Waals surface area contributed by atoms with Gasteiger partial charge in [-0.25, -0.2) is 13.1 Å². The minimum Gasteiger partial charge on any atom is -0.272 e. The maximum atomic E-state index is 12.3. The van der Waals surface area contributed by atoms with Crippen LogP contribution in [0.1, 0.15) is 29.6 Å². The zero-order chi connectivity index (χ0) is 15.8. The number of aromatic nitrogens is 4. The van der Waals surface area contributed by atoms with Gasteiger partial charge < -0.3 is 0 Å². The average molecular weight is 311 g/mol. The topological polar surface area (TPSA) is 81.8 Å². The Hall–Kier alpha value is -1.67. The number of sulfonamides is 1. The summed E-state index contributed by atoms with van der Waals surface area (Å²) >= 11 is 0. The molecule has 0 aliphatic heterocycles. The molecule has 2 aromatic rings. The third-order valence-electron chi connectivity index (χ3n) is 3.75. The largest absolute Gasteiger partial charge is 0.272 e. The lowest BCUT2D eigenvalue weighted by Crippen LogP contribution is -2.24. The number of hydrogen-bond donors (Lipinski definition) is 1. The third-order valence-corrected chi connectivity index (χ3v) is 5.25. The van der Waals surface area contributed by atoms with Gasteiger partial charge in [-0.05, 0) is 27.7 Å². The van der Waals surface area contributed by atoms with Crippen LogP contribution >= 0.6 is 0 Å². The van der Waals surface area contributed by atoms with Crippen LogP contribution in [0.2, 0.25) is 0 Å². The van der Waals surface area contributed by atoms with E-state index in [0.717, 1.165) is 23.5 Å². The smallest absolute Gasteiger partial charge is 0.244 e. The van der Waals surface area contributed by atoms with E-state index in [2.05, 4.69) is 14.9 Å². The van der Waals surface area contributed by atoms with E-state index in [9.17, 15) is 8.42 Å². The molecule has 0 unspecified atom stereocenters. The fourth-order valence-corrected chi connectivity index (χ4v) is 3.48. The summed E-state index contributed by atoms with van der Waals surface area (Å²) in [4.78, 5) is 0.211. The van der Waals surface area contributed by atoms with Crippen LogP contribution in [-0.4, -0.2) is 28.0 Å². The molecule has 0 aliphatic rings. The molecule has 2 rings (SSSR count). The number of nitrogens with zero attached hydrogens (tertiary/aromatic N) is 4. The monoisotopic (exact) mass is 311 g/mol. The van der Waals surface area contributed by atoms with Crippen LogP contribution in [0.15, 0.2) is 11.1 Å². The summed E-state index contributed by atoms with van der Waals surface area (Å²) in [5, 5.41) is 8.36. The molecule has 0 saturated heterocycles. The first-order valence-electron chi connectivity index (χ1n) is 6.79. The molecule has 7 nitrogen and oxygen atoms in total. The molecule has 0 aliphatic carbocycles. The van der Waals surface area contributed by atoms with E-state index in [4.69, 9.17) is 0 Å². The summed E-state index contributed by atoms with van der Waals surface area (Å²) in [6, 6.07) is 0. The normalized spacial score (nSPS) is 12.0. The van der Waals surface area contributed by atoms with E-state index in [1.165, 1.54) is 6.20 Å². The second-order valence-corrected chi connectivity index (χ2v) is 6.74. The van der Waals surface area contributed by atoms with Crippen molar-refractivity contribution in [1.29, 1.82) is 0 Å². The molecule has 0 radical (unpaired) electrons. The van der Waals surface area contributed by atoms with Crippen molar-refractivity contribution in [3.63, 3.8) is 0 Å². The molecule has 0 saturated carbocycles. The Morgan fingerprint density at radius 1 is 1.24 bits per heavy atom. The molecule has 116 valence electrons. The van der Waals surface area contributed by atoms with Gasteiger partial charge in [-0.15, -0.1) is 0 Å². The third kappa shape index (κ3) is 2.86. The summed E-state index contributed by atoms with van der Waals surface area (Å²) in [6.45, 7) is 8.57. The molecule has 2 aromatic heterocycles. The molecule has 0 aromatic carbocycles. The zero-order valence-electron chi connectivity index (χ0n) is 13.0. The fourth-order valence-electron chi connectivity index (χ4n) is 2.29. The Balaban J connectivity index is 2.24. The number of rotatable bonds is 5. The molecule has 21 heavy (non-hydrogen) atoms. The van der Waals surface area contributed by atoms with Gasteiger partial charge in [0.1, 0.15) is 4.90 Å². The zero-order valence-corrected chi connectivity index (χ0v) is 13.8. The summed E-state index contributed by atoms with van der Waals surface area (Å²) in [5.74, 6) is 0. The van der Waals surface area contributed by atoms with Crippen molar-refractivity contribution in [3.8, 4) is 0 Å². The standard InChI is InChI=1S/C13H21N5O2S/c1-6-18-10(3)12(9(2)16-18)7-15-21(19,20)13-8-14-17(5)11(13)4/h8,15H,6-7H2,1-5H3. The maximum Gasteiger partial charge on any atom is 0.244 e. The first-order valence-corrected chi connectivity index (χ1v) is 8.27. The lowest BCUT2D eigenvalue weighted by Gasteiger charge is -2.07.